The van der Waals surface area contributed by atoms with Crippen molar-refractivity contribution in [2.45, 2.75) is 19.1 Å². The molecule has 4 rings (SSSR count). The van der Waals surface area contributed by atoms with Gasteiger partial charge in [-0.05, 0) is 43.3 Å². The van der Waals surface area contributed by atoms with Crippen LogP contribution < -0.4 is 16.5 Å². The number of alkyl halides is 4. The number of pyridine rings is 1. The van der Waals surface area contributed by atoms with Gasteiger partial charge in [-0.1, -0.05) is 23.2 Å². The molecule has 4 aromatic rings. The van der Waals surface area contributed by atoms with Crippen molar-refractivity contribution in [2.75, 3.05) is 25.3 Å². The fourth-order valence-electron chi connectivity index (χ4n) is 3.97. The number of fused-ring (bicyclic) bond motifs is 1. The first-order chi connectivity index (χ1) is 19.3. The molecule has 1 atom stereocenters. The average molecular weight is 613 g/mol. The molecule has 0 aliphatic heterocycles. The molecular formula is C27H22Cl2F4N4O4. The van der Waals surface area contributed by atoms with Crippen LogP contribution in [-0.4, -0.2) is 36.5 Å². The number of aromatic carboxylic acids is 1. The van der Waals surface area contributed by atoms with Crippen LogP contribution in [0.5, 0.6) is 0 Å². The highest BCUT2D eigenvalue weighted by molar-refractivity contribution is 6.34. The molecule has 0 radical (unpaired) electrons. The van der Waals surface area contributed by atoms with Gasteiger partial charge >= 0.3 is 12.1 Å². The van der Waals surface area contributed by atoms with Gasteiger partial charge < -0.3 is 20.6 Å². The van der Waals surface area contributed by atoms with Crippen molar-refractivity contribution in [3.8, 4) is 11.3 Å². The van der Waals surface area contributed by atoms with Gasteiger partial charge in [0.05, 0.1) is 40.6 Å². The number of nitrogens with zero attached hydrogens (tertiary/aromatic N) is 2. The molecule has 2 aromatic carbocycles. The Kier molecular flexibility index (Phi) is 9.61. The summed E-state index contributed by atoms with van der Waals surface area (Å²) in [6.07, 6.45) is -3.32. The number of halogens is 6. The van der Waals surface area contributed by atoms with Crippen LogP contribution in [0.2, 0.25) is 10.2 Å². The maximum Gasteiger partial charge on any atom is 0.416 e. The Labute approximate surface area is 240 Å². The molecule has 0 spiro atoms. The second-order valence-corrected chi connectivity index (χ2v) is 9.26. The largest absolute Gasteiger partial charge is 0.476 e. The van der Waals surface area contributed by atoms with E-state index in [1.54, 1.807) is 6.07 Å². The normalized spacial score (nSPS) is 12.2. The second kappa shape index (κ2) is 12.6. The van der Waals surface area contributed by atoms with Crippen LogP contribution in [0.25, 0.3) is 22.3 Å². The van der Waals surface area contributed by atoms with E-state index < -0.39 is 34.9 Å². The number of aromatic nitrogens is 1. The Balaban J connectivity index is 0.00000226. The summed E-state index contributed by atoms with van der Waals surface area (Å²) in [6, 6.07) is 7.31. The number of nitrogen functional groups attached to an aromatic ring is 1. The number of aliphatic imine (C=N–C) groups is 1. The number of carboxylic acids is 1. The van der Waals surface area contributed by atoms with Gasteiger partial charge in [0, 0.05) is 36.0 Å². The minimum Gasteiger partial charge on any atom is -0.476 e. The van der Waals surface area contributed by atoms with Crippen molar-refractivity contribution >= 4 is 57.7 Å². The van der Waals surface area contributed by atoms with Gasteiger partial charge in [-0.3, -0.25) is 14.2 Å². The number of anilines is 2. The van der Waals surface area contributed by atoms with E-state index in [0.717, 1.165) is 12.1 Å². The standard InChI is InChI=1S/C26H19Cl2F3N4O4.CH3F/c1-11(34-18-3-4-21(28)35-23(18)25(37)38)15-7-14(26(29,30)31)8-16-19(36)9-20(39-24(15)16)12-5-13(10-33-2)22(32)17(27)6-12;1-2/h3-11,34H,32H2,1-2H3,(H,37,38);1H3. The molecule has 0 aliphatic carbocycles. The summed E-state index contributed by atoms with van der Waals surface area (Å²) in [5.74, 6) is -1.38. The molecule has 8 nitrogen and oxygen atoms in total. The van der Waals surface area contributed by atoms with Crippen LogP contribution in [0.3, 0.4) is 0 Å². The highest BCUT2D eigenvalue weighted by Gasteiger charge is 2.33. The Bertz CT molecular complexity index is 1710. The predicted octanol–water partition coefficient (Wildman–Crippen LogP) is 7.27. The third kappa shape index (κ3) is 6.77. The Morgan fingerprint density at radius 3 is 2.46 bits per heavy atom. The molecule has 0 bridgehead atoms. The molecule has 216 valence electrons. The zero-order valence-electron chi connectivity index (χ0n) is 21.6. The number of carbonyl (C=O) groups is 1. The Hall–Kier alpha value is -4.16. The molecule has 4 N–H and O–H groups in total. The second-order valence-electron chi connectivity index (χ2n) is 8.46. The van der Waals surface area contributed by atoms with E-state index in [2.05, 4.69) is 15.3 Å². The van der Waals surface area contributed by atoms with Crippen molar-refractivity contribution in [3.05, 3.63) is 85.2 Å². The first kappa shape index (κ1) is 31.4. The van der Waals surface area contributed by atoms with E-state index >= 15 is 0 Å². The summed E-state index contributed by atoms with van der Waals surface area (Å²) >= 11 is 12.1. The maximum absolute atomic E-state index is 13.8. The van der Waals surface area contributed by atoms with Crippen molar-refractivity contribution in [1.82, 2.24) is 4.98 Å². The number of hydrogen-bond acceptors (Lipinski definition) is 7. The number of nitrogens with one attached hydrogen (secondary N) is 1. The van der Waals surface area contributed by atoms with Gasteiger partial charge in [-0.25, -0.2) is 9.78 Å². The fraction of sp³-hybridized carbons (Fsp3) is 0.185. The molecular weight excluding hydrogens is 591 g/mol. The third-order valence-electron chi connectivity index (χ3n) is 5.80. The highest BCUT2D eigenvalue weighted by atomic mass is 35.5. The molecule has 2 aromatic heterocycles. The molecule has 2 heterocycles. The third-order valence-corrected chi connectivity index (χ3v) is 6.32. The first-order valence-electron chi connectivity index (χ1n) is 11.5. The first-order valence-corrected chi connectivity index (χ1v) is 12.3. The minimum atomic E-state index is -4.78. The quantitative estimate of drug-likeness (QED) is 0.0903. The molecule has 0 saturated heterocycles. The van der Waals surface area contributed by atoms with Gasteiger partial charge in [0.15, 0.2) is 11.1 Å². The topological polar surface area (TPSA) is 131 Å². The minimum absolute atomic E-state index is 0.00252. The van der Waals surface area contributed by atoms with Crippen molar-refractivity contribution in [2.24, 2.45) is 4.99 Å². The van der Waals surface area contributed by atoms with Gasteiger partial charge in [-0.2, -0.15) is 13.2 Å². The average Bonchev–Trinajstić information content (AvgIpc) is 2.92. The Morgan fingerprint density at radius 2 is 1.85 bits per heavy atom. The van der Waals surface area contributed by atoms with Crippen LogP contribution in [0.1, 0.15) is 40.1 Å². The zero-order chi connectivity index (χ0) is 30.6. The number of carboxylic acid groups (broad SMARTS) is 1. The van der Waals surface area contributed by atoms with Crippen molar-refractivity contribution in [1.29, 1.82) is 0 Å². The molecule has 0 saturated carbocycles. The lowest BCUT2D eigenvalue weighted by Crippen LogP contribution is -2.15. The van der Waals surface area contributed by atoms with Gasteiger partial charge in [-0.15, -0.1) is 0 Å². The molecule has 0 aliphatic rings. The van der Waals surface area contributed by atoms with Crippen LogP contribution in [0.4, 0.5) is 28.9 Å². The lowest BCUT2D eigenvalue weighted by Gasteiger charge is -2.20. The summed E-state index contributed by atoms with van der Waals surface area (Å²) in [7, 11) is 2.03. The zero-order valence-corrected chi connectivity index (χ0v) is 23.1. The molecule has 0 amide bonds. The van der Waals surface area contributed by atoms with E-state index in [1.807, 2.05) is 0 Å². The predicted molar refractivity (Wildman–Crippen MR) is 151 cm³/mol. The maximum atomic E-state index is 13.8. The molecule has 41 heavy (non-hydrogen) atoms. The Morgan fingerprint density at radius 1 is 1.17 bits per heavy atom. The monoisotopic (exact) mass is 612 g/mol. The van der Waals surface area contributed by atoms with E-state index in [9.17, 15) is 32.3 Å². The highest BCUT2D eigenvalue weighted by Crippen LogP contribution is 2.38. The fourth-order valence-corrected chi connectivity index (χ4v) is 4.34. The van der Waals surface area contributed by atoms with Crippen LogP contribution in [0, 0.1) is 0 Å². The van der Waals surface area contributed by atoms with Gasteiger partial charge in [0.25, 0.3) is 0 Å². The van der Waals surface area contributed by atoms with Crippen LogP contribution in [-0.2, 0) is 6.18 Å². The number of benzene rings is 2. The smallest absolute Gasteiger partial charge is 0.416 e. The number of rotatable bonds is 6. The lowest BCUT2D eigenvalue weighted by molar-refractivity contribution is -0.137. The van der Waals surface area contributed by atoms with Crippen molar-refractivity contribution in [3.63, 3.8) is 0 Å². The van der Waals surface area contributed by atoms with Gasteiger partial charge in [0.2, 0.25) is 0 Å². The van der Waals surface area contributed by atoms with E-state index in [0.29, 0.717) is 24.4 Å². The summed E-state index contributed by atoms with van der Waals surface area (Å²) in [5, 5.41) is 12.1. The summed E-state index contributed by atoms with van der Waals surface area (Å²) in [5.41, 5.74) is 4.57. The summed E-state index contributed by atoms with van der Waals surface area (Å²) in [6.45, 7) is 1.48. The molecule has 14 heteroatoms. The lowest BCUT2D eigenvalue weighted by atomic mass is 9.99. The SMILES string of the molecule is CF.CN=Cc1cc(-c2cc(=O)c3cc(C(F)(F)F)cc(C(C)Nc4ccc(Cl)nc4C(=O)O)c3o2)cc(Cl)c1N. The molecule has 1 unspecified atom stereocenters. The summed E-state index contributed by atoms with van der Waals surface area (Å²) < 4.78 is 56.9. The van der Waals surface area contributed by atoms with Gasteiger partial charge in [0.1, 0.15) is 16.5 Å². The van der Waals surface area contributed by atoms with E-state index in [4.69, 9.17) is 33.4 Å². The van der Waals surface area contributed by atoms with E-state index in [1.165, 1.54) is 38.4 Å². The molecule has 0 fully saturated rings. The van der Waals surface area contributed by atoms with E-state index in [-0.39, 0.29) is 43.8 Å². The number of hydrogen-bond donors (Lipinski definition) is 3. The number of nitrogens with two attached hydrogens (primary N) is 1. The summed E-state index contributed by atoms with van der Waals surface area (Å²) in [4.78, 5) is 32.4. The van der Waals surface area contributed by atoms with Crippen LogP contribution in [0.15, 0.2) is 56.7 Å². The van der Waals surface area contributed by atoms with Crippen molar-refractivity contribution < 1.29 is 31.9 Å². The van der Waals surface area contributed by atoms with Crippen LogP contribution >= 0.6 is 23.2 Å².